The summed E-state index contributed by atoms with van der Waals surface area (Å²) in [6.45, 7) is 6.53. The first kappa shape index (κ1) is 13.4. The van der Waals surface area contributed by atoms with Gasteiger partial charge in [0.2, 0.25) is 5.91 Å². The van der Waals surface area contributed by atoms with Gasteiger partial charge in [0.1, 0.15) is 6.61 Å². The molecule has 0 radical (unpaired) electrons. The molecule has 14 heavy (non-hydrogen) atoms. The number of carbonyl (C=O) groups is 1. The van der Waals surface area contributed by atoms with E-state index in [2.05, 4.69) is 5.32 Å². The molecule has 0 aromatic heterocycles. The molecule has 0 aliphatic rings. The van der Waals surface area contributed by atoms with Crippen LogP contribution in [0, 0.1) is 0 Å². The van der Waals surface area contributed by atoms with Crippen molar-refractivity contribution in [3.05, 3.63) is 0 Å². The van der Waals surface area contributed by atoms with Gasteiger partial charge in [-0.1, -0.05) is 13.8 Å². The van der Waals surface area contributed by atoms with Gasteiger partial charge in [0, 0.05) is 13.2 Å². The van der Waals surface area contributed by atoms with Gasteiger partial charge in [-0.05, 0) is 19.8 Å². The van der Waals surface area contributed by atoms with Crippen LogP contribution in [0.1, 0.15) is 33.6 Å². The Kier molecular flexibility index (Phi) is 6.49. The molecular weight excluding hydrogens is 182 g/mol. The lowest BCUT2D eigenvalue weighted by molar-refractivity contribution is -0.126. The second-order valence-electron chi connectivity index (χ2n) is 3.35. The highest BCUT2D eigenvalue weighted by Gasteiger charge is 2.22. The van der Waals surface area contributed by atoms with Crippen molar-refractivity contribution in [3.8, 4) is 0 Å². The molecule has 0 saturated carbocycles. The monoisotopic (exact) mass is 203 g/mol. The SMILES string of the molecule is CCOCC(=O)NCC(O)(CC)CC. The van der Waals surface area contributed by atoms with Crippen molar-refractivity contribution in [2.24, 2.45) is 0 Å². The Morgan fingerprint density at radius 2 is 1.93 bits per heavy atom. The van der Waals surface area contributed by atoms with E-state index in [9.17, 15) is 9.90 Å². The second kappa shape index (κ2) is 6.79. The first-order chi connectivity index (χ1) is 6.58. The summed E-state index contributed by atoms with van der Waals surface area (Å²) in [6.07, 6.45) is 1.27. The van der Waals surface area contributed by atoms with Crippen LogP contribution in [0.25, 0.3) is 0 Å². The van der Waals surface area contributed by atoms with Gasteiger partial charge < -0.3 is 15.2 Å². The van der Waals surface area contributed by atoms with Gasteiger partial charge in [-0.15, -0.1) is 0 Å². The Hall–Kier alpha value is -0.610. The van der Waals surface area contributed by atoms with Crippen molar-refractivity contribution < 1.29 is 14.6 Å². The van der Waals surface area contributed by atoms with Crippen LogP contribution in [0.2, 0.25) is 0 Å². The average Bonchev–Trinajstić information content (AvgIpc) is 2.23. The fraction of sp³-hybridized carbons (Fsp3) is 0.900. The maximum atomic E-state index is 11.1. The number of ether oxygens (including phenoxy) is 1. The fourth-order valence-corrected chi connectivity index (χ4v) is 1.01. The third-order valence-electron chi connectivity index (χ3n) is 2.37. The largest absolute Gasteiger partial charge is 0.388 e. The molecule has 0 fully saturated rings. The summed E-state index contributed by atoms with van der Waals surface area (Å²) in [6, 6.07) is 0. The quantitative estimate of drug-likeness (QED) is 0.640. The predicted molar refractivity (Wildman–Crippen MR) is 55.0 cm³/mol. The molecule has 4 nitrogen and oxygen atoms in total. The molecule has 0 unspecified atom stereocenters. The van der Waals surface area contributed by atoms with Gasteiger partial charge in [0.25, 0.3) is 0 Å². The van der Waals surface area contributed by atoms with Crippen molar-refractivity contribution in [1.29, 1.82) is 0 Å². The molecule has 0 aliphatic heterocycles. The van der Waals surface area contributed by atoms with Crippen molar-refractivity contribution in [1.82, 2.24) is 5.32 Å². The van der Waals surface area contributed by atoms with E-state index in [-0.39, 0.29) is 12.5 Å². The molecule has 0 bridgehead atoms. The molecule has 4 heteroatoms. The number of hydrogen-bond donors (Lipinski definition) is 2. The summed E-state index contributed by atoms with van der Waals surface area (Å²) in [5.41, 5.74) is -0.776. The van der Waals surface area contributed by atoms with Crippen LogP contribution in [0.3, 0.4) is 0 Å². The molecule has 2 N–H and O–H groups in total. The normalized spacial score (nSPS) is 11.4. The highest BCUT2D eigenvalue weighted by atomic mass is 16.5. The molecular formula is C10H21NO3. The lowest BCUT2D eigenvalue weighted by atomic mass is 9.98. The molecule has 84 valence electrons. The third-order valence-corrected chi connectivity index (χ3v) is 2.37. The van der Waals surface area contributed by atoms with Crippen LogP contribution in [0.4, 0.5) is 0 Å². The van der Waals surface area contributed by atoms with Gasteiger partial charge in [0.15, 0.2) is 0 Å². The Morgan fingerprint density at radius 1 is 1.36 bits per heavy atom. The predicted octanol–water partition coefficient (Wildman–Crippen LogP) is 0.690. The molecule has 0 atom stereocenters. The van der Waals surface area contributed by atoms with E-state index < -0.39 is 5.60 Å². The minimum atomic E-state index is -0.776. The lowest BCUT2D eigenvalue weighted by Crippen LogP contribution is -2.43. The summed E-state index contributed by atoms with van der Waals surface area (Å²) >= 11 is 0. The molecule has 0 saturated heterocycles. The van der Waals surface area contributed by atoms with Crippen LogP contribution in [-0.4, -0.2) is 36.4 Å². The van der Waals surface area contributed by atoms with Crippen LogP contribution < -0.4 is 5.32 Å². The zero-order valence-corrected chi connectivity index (χ0v) is 9.30. The van der Waals surface area contributed by atoms with E-state index in [0.717, 1.165) is 0 Å². The number of nitrogens with one attached hydrogen (secondary N) is 1. The summed E-state index contributed by atoms with van der Waals surface area (Å²) in [7, 11) is 0. The Balaban J connectivity index is 3.74. The molecule has 0 heterocycles. The molecule has 0 rings (SSSR count). The summed E-state index contributed by atoms with van der Waals surface area (Å²) < 4.78 is 4.93. The van der Waals surface area contributed by atoms with Crippen molar-refractivity contribution >= 4 is 5.91 Å². The van der Waals surface area contributed by atoms with E-state index in [4.69, 9.17) is 4.74 Å². The van der Waals surface area contributed by atoms with E-state index in [1.807, 2.05) is 20.8 Å². The average molecular weight is 203 g/mol. The molecule has 0 aliphatic carbocycles. The Morgan fingerprint density at radius 3 is 2.36 bits per heavy atom. The van der Waals surface area contributed by atoms with Crippen molar-refractivity contribution in [2.45, 2.75) is 39.2 Å². The minimum Gasteiger partial charge on any atom is -0.388 e. The summed E-state index contributed by atoms with van der Waals surface area (Å²) in [5.74, 6) is -0.174. The van der Waals surface area contributed by atoms with Gasteiger partial charge in [-0.3, -0.25) is 4.79 Å². The van der Waals surface area contributed by atoms with E-state index >= 15 is 0 Å². The number of carbonyl (C=O) groups excluding carboxylic acids is 1. The molecule has 0 spiro atoms. The maximum absolute atomic E-state index is 11.1. The van der Waals surface area contributed by atoms with Crippen LogP contribution in [0.15, 0.2) is 0 Å². The third kappa shape index (κ3) is 5.19. The van der Waals surface area contributed by atoms with Crippen molar-refractivity contribution in [2.75, 3.05) is 19.8 Å². The highest BCUT2D eigenvalue weighted by molar-refractivity contribution is 5.77. The van der Waals surface area contributed by atoms with Crippen LogP contribution in [0.5, 0.6) is 0 Å². The Labute approximate surface area is 85.6 Å². The number of aliphatic hydroxyl groups is 1. The number of hydrogen-bond acceptors (Lipinski definition) is 3. The fourth-order valence-electron chi connectivity index (χ4n) is 1.01. The van der Waals surface area contributed by atoms with Crippen LogP contribution in [-0.2, 0) is 9.53 Å². The zero-order valence-electron chi connectivity index (χ0n) is 9.30. The number of amides is 1. The molecule has 1 amide bonds. The van der Waals surface area contributed by atoms with Gasteiger partial charge >= 0.3 is 0 Å². The van der Waals surface area contributed by atoms with E-state index in [1.165, 1.54) is 0 Å². The van der Waals surface area contributed by atoms with E-state index in [0.29, 0.717) is 26.0 Å². The summed E-state index contributed by atoms with van der Waals surface area (Å²) in [4.78, 5) is 11.1. The standard InChI is InChI=1S/C10H21NO3/c1-4-10(13,5-2)8-11-9(12)7-14-6-3/h13H,4-8H2,1-3H3,(H,11,12). The smallest absolute Gasteiger partial charge is 0.246 e. The molecule has 0 aromatic carbocycles. The molecule has 0 aromatic rings. The second-order valence-corrected chi connectivity index (χ2v) is 3.35. The van der Waals surface area contributed by atoms with Gasteiger partial charge in [0.05, 0.1) is 5.60 Å². The van der Waals surface area contributed by atoms with Crippen molar-refractivity contribution in [3.63, 3.8) is 0 Å². The topological polar surface area (TPSA) is 58.6 Å². The van der Waals surface area contributed by atoms with Gasteiger partial charge in [-0.25, -0.2) is 0 Å². The summed E-state index contributed by atoms with van der Waals surface area (Å²) in [5, 5.41) is 12.5. The minimum absolute atomic E-state index is 0.0695. The lowest BCUT2D eigenvalue weighted by Gasteiger charge is -2.25. The van der Waals surface area contributed by atoms with E-state index in [1.54, 1.807) is 0 Å². The Bertz CT molecular complexity index is 167. The number of rotatable bonds is 7. The maximum Gasteiger partial charge on any atom is 0.246 e. The zero-order chi connectivity index (χ0) is 11.0. The van der Waals surface area contributed by atoms with Crippen LogP contribution >= 0.6 is 0 Å². The first-order valence-corrected chi connectivity index (χ1v) is 5.14. The highest BCUT2D eigenvalue weighted by Crippen LogP contribution is 2.12. The van der Waals surface area contributed by atoms with Gasteiger partial charge in [-0.2, -0.15) is 0 Å². The first-order valence-electron chi connectivity index (χ1n) is 5.14.